The van der Waals surface area contributed by atoms with Crippen LogP contribution in [0.3, 0.4) is 0 Å². The summed E-state index contributed by atoms with van der Waals surface area (Å²) in [7, 11) is 0. The molecule has 0 aliphatic rings. The summed E-state index contributed by atoms with van der Waals surface area (Å²) in [6.07, 6.45) is 0.522. The van der Waals surface area contributed by atoms with Crippen LogP contribution in [0, 0.1) is 17.0 Å². The Balaban J connectivity index is 2.02. The molecule has 0 bridgehead atoms. The number of carbonyl (C=O) groups excluding carboxylic acids is 1. The fourth-order valence-electron chi connectivity index (χ4n) is 1.81. The monoisotopic (exact) mass is 324 g/mol. The fourth-order valence-corrected chi connectivity index (χ4v) is 2.71. The highest BCUT2D eigenvalue weighted by molar-refractivity contribution is 7.13. The molecule has 0 atom stereocenters. The Kier molecular flexibility index (Phi) is 4.90. The molecule has 0 unspecified atom stereocenters. The van der Waals surface area contributed by atoms with Crippen LogP contribution in [0.4, 0.5) is 8.78 Å². The van der Waals surface area contributed by atoms with Crippen LogP contribution in [0.2, 0.25) is 0 Å². The Morgan fingerprint density at radius 1 is 1.27 bits per heavy atom. The van der Waals surface area contributed by atoms with E-state index in [1.54, 1.807) is 5.38 Å². The van der Waals surface area contributed by atoms with Crippen molar-refractivity contribution >= 4 is 17.2 Å². The molecule has 0 radical (unpaired) electrons. The van der Waals surface area contributed by atoms with Gasteiger partial charge in [-0.2, -0.15) is 0 Å². The van der Waals surface area contributed by atoms with Gasteiger partial charge in [0, 0.05) is 23.8 Å². The van der Waals surface area contributed by atoms with Crippen molar-refractivity contribution in [2.24, 2.45) is 5.41 Å². The summed E-state index contributed by atoms with van der Waals surface area (Å²) in [6.45, 7) is 5.96. The average molecular weight is 324 g/mol. The summed E-state index contributed by atoms with van der Waals surface area (Å²) in [6, 6.07) is 3.75. The van der Waals surface area contributed by atoms with Crippen LogP contribution in [0.15, 0.2) is 23.6 Å². The maximum Gasteiger partial charge on any atom is 0.225 e. The molecule has 0 aliphatic heterocycles. The molecule has 6 heteroatoms. The lowest BCUT2D eigenvalue weighted by Crippen LogP contribution is -2.35. The highest BCUT2D eigenvalue weighted by atomic mass is 32.1. The van der Waals surface area contributed by atoms with Crippen molar-refractivity contribution in [2.45, 2.75) is 27.2 Å². The molecule has 0 aliphatic carbocycles. The van der Waals surface area contributed by atoms with Crippen molar-refractivity contribution in [1.29, 1.82) is 0 Å². The zero-order valence-corrected chi connectivity index (χ0v) is 13.6. The third-order valence-corrected chi connectivity index (χ3v) is 3.98. The first-order valence-electron chi connectivity index (χ1n) is 6.96. The van der Waals surface area contributed by atoms with Gasteiger partial charge < -0.3 is 5.32 Å². The topological polar surface area (TPSA) is 42.0 Å². The van der Waals surface area contributed by atoms with Gasteiger partial charge in [0.05, 0.1) is 11.3 Å². The molecule has 22 heavy (non-hydrogen) atoms. The highest BCUT2D eigenvalue weighted by Gasteiger charge is 2.20. The number of rotatable bonds is 4. The first kappa shape index (κ1) is 16.5. The van der Waals surface area contributed by atoms with Crippen LogP contribution >= 0.6 is 11.3 Å². The van der Waals surface area contributed by atoms with Gasteiger partial charge in [0.1, 0.15) is 16.6 Å². The predicted molar refractivity (Wildman–Crippen MR) is 83.6 cm³/mol. The summed E-state index contributed by atoms with van der Waals surface area (Å²) in [5.74, 6) is -1.29. The number of nitrogens with zero attached hydrogens (tertiary/aromatic N) is 1. The highest BCUT2D eigenvalue weighted by Crippen LogP contribution is 2.28. The van der Waals surface area contributed by atoms with E-state index < -0.39 is 17.0 Å². The van der Waals surface area contributed by atoms with E-state index in [0.29, 0.717) is 23.7 Å². The van der Waals surface area contributed by atoms with Crippen molar-refractivity contribution in [3.63, 3.8) is 0 Å². The van der Waals surface area contributed by atoms with Crippen LogP contribution in [0.1, 0.15) is 26.5 Å². The molecular formula is C16H18F2N2OS. The van der Waals surface area contributed by atoms with Gasteiger partial charge >= 0.3 is 0 Å². The van der Waals surface area contributed by atoms with Gasteiger partial charge in [-0.3, -0.25) is 4.79 Å². The van der Waals surface area contributed by atoms with E-state index >= 15 is 0 Å². The van der Waals surface area contributed by atoms with Crippen molar-refractivity contribution in [1.82, 2.24) is 10.3 Å². The van der Waals surface area contributed by atoms with Gasteiger partial charge in [0.2, 0.25) is 5.91 Å². The van der Waals surface area contributed by atoms with Crippen molar-refractivity contribution < 1.29 is 13.6 Å². The van der Waals surface area contributed by atoms with Crippen LogP contribution in [-0.2, 0) is 11.2 Å². The first-order chi connectivity index (χ1) is 10.3. The van der Waals surface area contributed by atoms with E-state index in [0.717, 1.165) is 0 Å². The normalized spacial score (nSPS) is 11.5. The number of aromatic nitrogens is 1. The smallest absolute Gasteiger partial charge is 0.225 e. The lowest BCUT2D eigenvalue weighted by molar-refractivity contribution is -0.128. The number of thiazole rings is 1. The summed E-state index contributed by atoms with van der Waals surface area (Å²) in [5.41, 5.74) is 0.165. The molecule has 0 spiro atoms. The number of hydrogen-bond acceptors (Lipinski definition) is 3. The van der Waals surface area contributed by atoms with E-state index in [1.165, 1.54) is 29.5 Å². The van der Waals surface area contributed by atoms with Crippen molar-refractivity contribution in [2.75, 3.05) is 6.54 Å². The zero-order chi connectivity index (χ0) is 16.3. The Hall–Kier alpha value is -1.82. The van der Waals surface area contributed by atoms with Gasteiger partial charge in [-0.1, -0.05) is 26.8 Å². The summed E-state index contributed by atoms with van der Waals surface area (Å²) >= 11 is 1.19. The number of hydrogen-bond donors (Lipinski definition) is 1. The van der Waals surface area contributed by atoms with Crippen LogP contribution in [0.25, 0.3) is 10.6 Å². The van der Waals surface area contributed by atoms with Crippen molar-refractivity contribution in [3.05, 3.63) is 40.9 Å². The molecular weight excluding hydrogens is 306 g/mol. The minimum absolute atomic E-state index is 0.0388. The molecule has 2 rings (SSSR count). The van der Waals surface area contributed by atoms with E-state index in [1.807, 2.05) is 20.8 Å². The van der Waals surface area contributed by atoms with E-state index in [9.17, 15) is 13.6 Å². The molecule has 1 aromatic heterocycles. The molecule has 0 saturated carbocycles. The maximum absolute atomic E-state index is 13.7. The zero-order valence-electron chi connectivity index (χ0n) is 12.7. The molecule has 2 aromatic rings. The molecule has 3 nitrogen and oxygen atoms in total. The molecule has 1 amide bonds. The standard InChI is InChI=1S/C16H18F2N2OS/c1-16(2,3)15(21)19-8-7-10-9-22-14(20-10)13-11(17)5-4-6-12(13)18/h4-6,9H,7-8H2,1-3H3,(H,19,21). The van der Waals surface area contributed by atoms with E-state index in [-0.39, 0.29) is 11.5 Å². The summed E-state index contributed by atoms with van der Waals surface area (Å²) in [5, 5.41) is 4.89. The third kappa shape index (κ3) is 3.88. The minimum Gasteiger partial charge on any atom is -0.355 e. The Morgan fingerprint density at radius 3 is 2.50 bits per heavy atom. The molecule has 0 saturated heterocycles. The molecule has 1 aromatic carbocycles. The maximum atomic E-state index is 13.7. The lowest BCUT2D eigenvalue weighted by atomic mass is 9.96. The number of halogens is 2. The summed E-state index contributed by atoms with van der Waals surface area (Å²) < 4.78 is 27.4. The Bertz CT molecular complexity index is 657. The van der Waals surface area contributed by atoms with Gasteiger partial charge in [-0.05, 0) is 12.1 Å². The van der Waals surface area contributed by atoms with Crippen molar-refractivity contribution in [3.8, 4) is 10.6 Å². The average Bonchev–Trinajstić information content (AvgIpc) is 2.86. The van der Waals surface area contributed by atoms with E-state index in [2.05, 4.69) is 10.3 Å². The quantitative estimate of drug-likeness (QED) is 0.929. The van der Waals surface area contributed by atoms with E-state index in [4.69, 9.17) is 0 Å². The number of carbonyl (C=O) groups is 1. The lowest BCUT2D eigenvalue weighted by Gasteiger charge is -2.17. The van der Waals surface area contributed by atoms with Gasteiger partial charge in [-0.25, -0.2) is 13.8 Å². The largest absolute Gasteiger partial charge is 0.355 e. The second kappa shape index (κ2) is 6.52. The molecule has 118 valence electrons. The van der Waals surface area contributed by atoms with Gasteiger partial charge in [-0.15, -0.1) is 11.3 Å². The van der Waals surface area contributed by atoms with Crippen LogP contribution in [-0.4, -0.2) is 17.4 Å². The molecule has 1 N–H and O–H groups in total. The number of benzene rings is 1. The number of amides is 1. The van der Waals surface area contributed by atoms with Gasteiger partial charge in [0.25, 0.3) is 0 Å². The molecule has 0 fully saturated rings. The van der Waals surface area contributed by atoms with Crippen LogP contribution < -0.4 is 5.32 Å². The molecule has 1 heterocycles. The predicted octanol–water partition coefficient (Wildman–Crippen LogP) is 3.79. The number of nitrogens with one attached hydrogen (secondary N) is 1. The SMILES string of the molecule is CC(C)(C)C(=O)NCCc1csc(-c2c(F)cccc2F)n1. The summed E-state index contributed by atoms with van der Waals surface area (Å²) in [4.78, 5) is 16.0. The minimum atomic E-state index is -0.623. The third-order valence-electron chi connectivity index (χ3n) is 3.08. The van der Waals surface area contributed by atoms with Crippen LogP contribution in [0.5, 0.6) is 0 Å². The van der Waals surface area contributed by atoms with Gasteiger partial charge in [0.15, 0.2) is 0 Å². The Labute approximate surface area is 132 Å². The fraction of sp³-hybridized carbons (Fsp3) is 0.375. The second-order valence-corrected chi connectivity index (χ2v) is 6.85. The Morgan fingerprint density at radius 2 is 1.91 bits per heavy atom. The first-order valence-corrected chi connectivity index (χ1v) is 7.84. The second-order valence-electron chi connectivity index (χ2n) is 6.00.